The second-order valence-corrected chi connectivity index (χ2v) is 9.47. The van der Waals surface area contributed by atoms with Gasteiger partial charge in [-0.25, -0.2) is 8.42 Å². The molecule has 0 aliphatic carbocycles. The summed E-state index contributed by atoms with van der Waals surface area (Å²) in [4.78, 5) is 12.0. The summed E-state index contributed by atoms with van der Waals surface area (Å²) >= 11 is 0. The maximum Gasteiger partial charge on any atom is 0.267 e. The highest BCUT2D eigenvalue weighted by Crippen LogP contribution is 2.28. The zero-order chi connectivity index (χ0) is 22.2. The molecule has 9 nitrogen and oxygen atoms in total. The van der Waals surface area contributed by atoms with Crippen LogP contribution in [0.3, 0.4) is 0 Å². The van der Waals surface area contributed by atoms with E-state index in [0.29, 0.717) is 5.69 Å². The van der Waals surface area contributed by atoms with Gasteiger partial charge in [-0.05, 0) is 37.5 Å². The minimum atomic E-state index is -3.88. The summed E-state index contributed by atoms with van der Waals surface area (Å²) in [5, 5.41) is 11.2. The van der Waals surface area contributed by atoms with Gasteiger partial charge >= 0.3 is 0 Å². The quantitative estimate of drug-likeness (QED) is 0.631. The number of amides is 1. The molecule has 1 aliphatic heterocycles. The van der Waals surface area contributed by atoms with Gasteiger partial charge in [0.15, 0.2) is 5.82 Å². The van der Waals surface area contributed by atoms with Gasteiger partial charge in [0.2, 0.25) is 0 Å². The van der Waals surface area contributed by atoms with E-state index in [4.69, 9.17) is 0 Å². The summed E-state index contributed by atoms with van der Waals surface area (Å²) in [5.41, 5.74) is 2.32. The van der Waals surface area contributed by atoms with Crippen molar-refractivity contribution < 1.29 is 13.2 Å². The molecule has 3 aromatic rings. The lowest BCUT2D eigenvalue weighted by Gasteiger charge is -2.12. The van der Waals surface area contributed by atoms with Crippen molar-refractivity contribution in [3.8, 4) is 11.4 Å². The second-order valence-electron chi connectivity index (χ2n) is 7.79. The molecular weight excluding hydrogens is 416 g/mol. The van der Waals surface area contributed by atoms with E-state index >= 15 is 0 Å². The Hall–Kier alpha value is -3.14. The Labute approximate surface area is 181 Å². The van der Waals surface area contributed by atoms with Crippen LogP contribution in [0, 0.1) is 6.92 Å². The number of rotatable bonds is 5. The van der Waals surface area contributed by atoms with Gasteiger partial charge in [0.05, 0.1) is 5.69 Å². The summed E-state index contributed by atoms with van der Waals surface area (Å²) in [6.45, 7) is 2.70. The number of aromatic nitrogens is 4. The molecule has 0 unspecified atom stereocenters. The van der Waals surface area contributed by atoms with Crippen LogP contribution in [-0.4, -0.2) is 40.7 Å². The van der Waals surface area contributed by atoms with Crippen LogP contribution in [0.1, 0.15) is 41.1 Å². The largest absolute Gasteiger partial charge is 0.354 e. The molecule has 164 valence electrons. The molecule has 3 heterocycles. The van der Waals surface area contributed by atoms with E-state index in [9.17, 15) is 13.2 Å². The van der Waals surface area contributed by atoms with Crippen LogP contribution in [0.4, 0.5) is 5.69 Å². The number of carbonyl (C=O) groups excluding carboxylic acids is 1. The Morgan fingerprint density at radius 2 is 1.94 bits per heavy atom. The van der Waals surface area contributed by atoms with Crippen molar-refractivity contribution in [2.24, 2.45) is 7.05 Å². The van der Waals surface area contributed by atoms with Crippen molar-refractivity contribution in [2.75, 3.05) is 11.8 Å². The predicted molar refractivity (Wildman–Crippen MR) is 117 cm³/mol. The molecule has 0 bridgehead atoms. The van der Waals surface area contributed by atoms with Crippen LogP contribution >= 0.6 is 0 Å². The van der Waals surface area contributed by atoms with Gasteiger partial charge in [0, 0.05) is 38.8 Å². The van der Waals surface area contributed by atoms with Gasteiger partial charge < -0.3 is 14.5 Å². The van der Waals surface area contributed by atoms with Crippen molar-refractivity contribution in [1.82, 2.24) is 24.6 Å². The van der Waals surface area contributed by atoms with E-state index in [0.717, 1.165) is 55.0 Å². The Morgan fingerprint density at radius 1 is 1.13 bits per heavy atom. The predicted octanol–water partition coefficient (Wildman–Crippen LogP) is 2.48. The van der Waals surface area contributed by atoms with Crippen LogP contribution < -0.4 is 10.0 Å². The van der Waals surface area contributed by atoms with Crippen LogP contribution in [0.15, 0.2) is 35.4 Å². The zero-order valence-corrected chi connectivity index (χ0v) is 18.7. The van der Waals surface area contributed by atoms with Gasteiger partial charge in [0.25, 0.3) is 15.9 Å². The maximum atomic E-state index is 13.0. The number of carbonyl (C=O) groups is 1. The number of hydrogen-bond donors (Lipinski definition) is 2. The van der Waals surface area contributed by atoms with Crippen molar-refractivity contribution >= 4 is 21.6 Å². The fraction of sp³-hybridized carbons (Fsp3) is 0.381. The molecule has 1 aromatic carbocycles. The van der Waals surface area contributed by atoms with Gasteiger partial charge in [-0.1, -0.05) is 18.6 Å². The molecule has 2 N–H and O–H groups in total. The summed E-state index contributed by atoms with van der Waals surface area (Å²) in [5.74, 6) is 1.37. The molecule has 1 aliphatic rings. The average molecular weight is 443 g/mol. The first-order chi connectivity index (χ1) is 14.8. The summed E-state index contributed by atoms with van der Waals surface area (Å²) < 4.78 is 32.3. The minimum Gasteiger partial charge on any atom is -0.354 e. The van der Waals surface area contributed by atoms with Crippen LogP contribution in [0.25, 0.3) is 11.4 Å². The third kappa shape index (κ3) is 4.07. The highest BCUT2D eigenvalue weighted by atomic mass is 32.2. The zero-order valence-electron chi connectivity index (χ0n) is 17.8. The third-order valence-corrected chi connectivity index (χ3v) is 6.93. The Balaban J connectivity index is 1.67. The lowest BCUT2D eigenvalue weighted by Crippen LogP contribution is -2.20. The van der Waals surface area contributed by atoms with Crippen molar-refractivity contribution in [3.05, 3.63) is 47.5 Å². The number of aryl methyl sites for hydroxylation is 3. The summed E-state index contributed by atoms with van der Waals surface area (Å²) in [6.07, 6.45) is 5.67. The third-order valence-electron chi connectivity index (χ3n) is 5.60. The van der Waals surface area contributed by atoms with Crippen molar-refractivity contribution in [3.63, 3.8) is 0 Å². The normalized spacial score (nSPS) is 14.0. The molecule has 0 spiro atoms. The molecule has 31 heavy (non-hydrogen) atoms. The molecule has 0 radical (unpaired) electrons. The molecule has 0 fully saturated rings. The highest BCUT2D eigenvalue weighted by molar-refractivity contribution is 7.92. The lowest BCUT2D eigenvalue weighted by atomic mass is 10.1. The number of fused-ring (bicyclic) bond motifs is 1. The molecule has 4 rings (SSSR count). The monoisotopic (exact) mass is 442 g/mol. The van der Waals surface area contributed by atoms with E-state index in [2.05, 4.69) is 24.8 Å². The average Bonchev–Trinajstić information content (AvgIpc) is 3.25. The standard InChI is InChI=1S/C21H26N6O3S/c1-14-8-9-15(20-24-23-19-7-5-4-6-10-27(19)20)11-17(14)25-31(29,30)16-12-18(21(28)22-2)26(3)13-16/h8-9,11-13,25H,4-7,10H2,1-3H3,(H,22,28). The van der Waals surface area contributed by atoms with Crippen molar-refractivity contribution in [1.29, 1.82) is 0 Å². The van der Waals surface area contributed by atoms with E-state index in [1.54, 1.807) is 13.1 Å². The molecule has 0 atom stereocenters. The molecular formula is C21H26N6O3S. The van der Waals surface area contributed by atoms with Crippen LogP contribution in [-0.2, 0) is 30.0 Å². The van der Waals surface area contributed by atoms with Gasteiger partial charge in [-0.15, -0.1) is 10.2 Å². The Bertz CT molecular complexity index is 1240. The molecule has 2 aromatic heterocycles. The maximum absolute atomic E-state index is 13.0. The van der Waals surface area contributed by atoms with E-state index in [-0.39, 0.29) is 16.5 Å². The Kier molecular flexibility index (Phi) is 5.57. The topological polar surface area (TPSA) is 111 Å². The fourth-order valence-electron chi connectivity index (χ4n) is 3.81. The van der Waals surface area contributed by atoms with Gasteiger partial charge in [-0.2, -0.15) is 0 Å². The smallest absolute Gasteiger partial charge is 0.267 e. The second kappa shape index (κ2) is 8.18. The first-order valence-corrected chi connectivity index (χ1v) is 11.7. The van der Waals surface area contributed by atoms with Gasteiger partial charge in [-0.3, -0.25) is 9.52 Å². The van der Waals surface area contributed by atoms with E-state index in [1.165, 1.54) is 23.9 Å². The SMILES string of the molecule is CNC(=O)c1cc(S(=O)(=O)Nc2cc(-c3nnc4n3CCCCC4)ccc2C)cn1C. The lowest BCUT2D eigenvalue weighted by molar-refractivity contribution is 0.0955. The van der Waals surface area contributed by atoms with Crippen LogP contribution in [0.2, 0.25) is 0 Å². The van der Waals surface area contributed by atoms with Crippen molar-refractivity contribution in [2.45, 2.75) is 44.0 Å². The van der Waals surface area contributed by atoms with Gasteiger partial charge in [0.1, 0.15) is 16.4 Å². The number of nitrogens with one attached hydrogen (secondary N) is 2. The van der Waals surface area contributed by atoms with E-state index in [1.807, 2.05) is 19.1 Å². The molecule has 0 saturated heterocycles. The summed E-state index contributed by atoms with van der Waals surface area (Å²) in [7, 11) is -0.748. The molecule has 1 amide bonds. The molecule has 10 heteroatoms. The first-order valence-electron chi connectivity index (χ1n) is 10.2. The van der Waals surface area contributed by atoms with Crippen LogP contribution in [0.5, 0.6) is 0 Å². The number of benzene rings is 1. The number of nitrogens with zero attached hydrogens (tertiary/aromatic N) is 4. The Morgan fingerprint density at radius 3 is 2.71 bits per heavy atom. The first kappa shape index (κ1) is 21.1. The number of sulfonamides is 1. The minimum absolute atomic E-state index is 0.0229. The number of anilines is 1. The number of hydrogen-bond acceptors (Lipinski definition) is 5. The van der Waals surface area contributed by atoms with E-state index < -0.39 is 10.0 Å². The fourth-order valence-corrected chi connectivity index (χ4v) is 5.00. The highest BCUT2D eigenvalue weighted by Gasteiger charge is 2.22. The summed E-state index contributed by atoms with van der Waals surface area (Å²) in [6, 6.07) is 6.95. The molecule has 0 saturated carbocycles.